The molecule has 0 aliphatic heterocycles. The summed E-state index contributed by atoms with van der Waals surface area (Å²) >= 11 is 3.59. The van der Waals surface area contributed by atoms with Gasteiger partial charge in [-0.25, -0.2) is 15.0 Å². The van der Waals surface area contributed by atoms with Crippen molar-refractivity contribution in [2.45, 2.75) is 0 Å². The molecule has 0 amide bonds. The molecule has 214 valence electrons. The maximum atomic E-state index is 5.34. The highest BCUT2D eigenvalue weighted by atomic mass is 32.1. The standard InChI is InChI=1S/C41H23N3S2/c1-2-10-24(11-3-1)25-18-20-26(21-19-25)36-40-37(31-15-7-9-17-34(31)46-40)44-41(43-36)38-29-14-5-4-13-28(29)35-32(42-38)23-22-30-27-12-6-8-16-33(27)45-39(30)35/h1-23H. The Bertz CT molecular complexity index is 2800. The van der Waals surface area contributed by atoms with Gasteiger partial charge in [0.05, 0.1) is 21.4 Å². The molecule has 4 heterocycles. The van der Waals surface area contributed by atoms with E-state index in [1.165, 1.54) is 46.8 Å². The Hall–Kier alpha value is -5.49. The van der Waals surface area contributed by atoms with Crippen LogP contribution in [-0.4, -0.2) is 15.0 Å². The summed E-state index contributed by atoms with van der Waals surface area (Å²) in [4.78, 5) is 15.9. The predicted molar refractivity (Wildman–Crippen MR) is 197 cm³/mol. The molecular formula is C41H23N3S2. The van der Waals surface area contributed by atoms with Crippen molar-refractivity contribution in [1.29, 1.82) is 0 Å². The first-order valence-corrected chi connectivity index (χ1v) is 16.9. The number of aromatic nitrogens is 3. The third-order valence-electron chi connectivity index (χ3n) is 8.91. The van der Waals surface area contributed by atoms with E-state index in [0.717, 1.165) is 43.5 Å². The smallest absolute Gasteiger partial charge is 0.180 e. The Balaban J connectivity index is 1.25. The zero-order valence-electron chi connectivity index (χ0n) is 24.4. The molecule has 10 rings (SSSR count). The van der Waals surface area contributed by atoms with E-state index in [1.54, 1.807) is 11.3 Å². The average molecular weight is 622 g/mol. The van der Waals surface area contributed by atoms with Gasteiger partial charge in [0.25, 0.3) is 0 Å². The van der Waals surface area contributed by atoms with Gasteiger partial charge < -0.3 is 0 Å². The SMILES string of the molecule is c1ccc(-c2ccc(-c3nc(-c4nc5ccc6c7ccccc7sc6c5c5ccccc45)nc4c3sc3ccccc34)cc2)cc1. The minimum atomic E-state index is 0.646. The molecule has 0 saturated heterocycles. The van der Waals surface area contributed by atoms with Gasteiger partial charge in [-0.15, -0.1) is 22.7 Å². The Morgan fingerprint density at radius 1 is 0.370 bits per heavy atom. The first-order chi connectivity index (χ1) is 22.8. The fourth-order valence-corrected chi connectivity index (χ4v) is 9.15. The number of nitrogens with zero attached hydrogens (tertiary/aromatic N) is 3. The third kappa shape index (κ3) is 3.86. The lowest BCUT2D eigenvalue weighted by Crippen LogP contribution is -1.97. The summed E-state index contributed by atoms with van der Waals surface area (Å²) in [5.74, 6) is 0.646. The summed E-state index contributed by atoms with van der Waals surface area (Å²) in [6.45, 7) is 0. The van der Waals surface area contributed by atoms with Gasteiger partial charge in [-0.1, -0.05) is 121 Å². The Kier molecular flexibility index (Phi) is 5.61. The number of pyridine rings is 1. The first-order valence-electron chi connectivity index (χ1n) is 15.3. The van der Waals surface area contributed by atoms with Crippen molar-refractivity contribution < 1.29 is 0 Å². The molecule has 0 aliphatic rings. The maximum absolute atomic E-state index is 5.34. The van der Waals surface area contributed by atoms with Gasteiger partial charge in [-0.2, -0.15) is 0 Å². The van der Waals surface area contributed by atoms with E-state index < -0.39 is 0 Å². The highest BCUT2D eigenvalue weighted by molar-refractivity contribution is 7.27. The Morgan fingerprint density at radius 2 is 0.978 bits per heavy atom. The minimum Gasteiger partial charge on any atom is -0.244 e. The first kappa shape index (κ1) is 25.8. The molecule has 4 aromatic heterocycles. The summed E-state index contributed by atoms with van der Waals surface area (Å²) < 4.78 is 4.86. The van der Waals surface area contributed by atoms with Crippen LogP contribution in [0.15, 0.2) is 140 Å². The summed E-state index contributed by atoms with van der Waals surface area (Å²) in [7, 11) is 0. The second-order valence-corrected chi connectivity index (χ2v) is 13.7. The van der Waals surface area contributed by atoms with E-state index in [4.69, 9.17) is 15.0 Å². The molecule has 46 heavy (non-hydrogen) atoms. The average Bonchev–Trinajstić information content (AvgIpc) is 3.70. The molecule has 0 atom stereocenters. The molecule has 6 aromatic carbocycles. The fourth-order valence-electron chi connectivity index (χ4n) is 6.73. The third-order valence-corrected chi connectivity index (χ3v) is 11.3. The van der Waals surface area contributed by atoms with Gasteiger partial charge in [0, 0.05) is 46.6 Å². The van der Waals surface area contributed by atoms with Crippen molar-refractivity contribution >= 4 is 84.8 Å². The number of rotatable bonds is 3. The zero-order chi connectivity index (χ0) is 30.2. The van der Waals surface area contributed by atoms with E-state index in [0.29, 0.717) is 5.82 Å². The van der Waals surface area contributed by atoms with E-state index >= 15 is 0 Å². The van der Waals surface area contributed by atoms with Crippen molar-refractivity contribution in [3.05, 3.63) is 140 Å². The van der Waals surface area contributed by atoms with Crippen LogP contribution in [0.1, 0.15) is 0 Å². The molecule has 0 spiro atoms. The summed E-state index contributed by atoms with van der Waals surface area (Å²) in [5, 5.41) is 7.13. The molecule has 0 fully saturated rings. The Labute approximate surface area is 272 Å². The normalized spacial score (nSPS) is 11.9. The quantitative estimate of drug-likeness (QED) is 0.184. The predicted octanol–water partition coefficient (Wildman–Crippen LogP) is 11.9. The highest BCUT2D eigenvalue weighted by Crippen LogP contribution is 2.44. The number of benzene rings is 6. The second-order valence-electron chi connectivity index (χ2n) is 11.6. The van der Waals surface area contributed by atoms with Gasteiger partial charge in [0.1, 0.15) is 5.69 Å². The van der Waals surface area contributed by atoms with Gasteiger partial charge >= 0.3 is 0 Å². The van der Waals surface area contributed by atoms with Gasteiger partial charge in [0.15, 0.2) is 5.82 Å². The van der Waals surface area contributed by atoms with Crippen LogP contribution in [0.25, 0.3) is 96.1 Å². The van der Waals surface area contributed by atoms with E-state index in [-0.39, 0.29) is 0 Å². The van der Waals surface area contributed by atoms with Crippen molar-refractivity contribution in [1.82, 2.24) is 15.0 Å². The lowest BCUT2D eigenvalue weighted by atomic mass is 10.0. The second kappa shape index (κ2) is 10.0. The molecule has 0 unspecified atom stereocenters. The summed E-state index contributed by atoms with van der Waals surface area (Å²) in [6.07, 6.45) is 0. The van der Waals surface area contributed by atoms with E-state index in [1.807, 2.05) is 17.4 Å². The summed E-state index contributed by atoms with van der Waals surface area (Å²) in [5.41, 5.74) is 7.12. The molecule has 0 saturated carbocycles. The van der Waals surface area contributed by atoms with Gasteiger partial charge in [0.2, 0.25) is 0 Å². The molecule has 10 aromatic rings. The van der Waals surface area contributed by atoms with Crippen molar-refractivity contribution in [3.8, 4) is 33.9 Å². The molecule has 0 aliphatic carbocycles. The van der Waals surface area contributed by atoms with E-state index in [2.05, 4.69) is 133 Å². The maximum Gasteiger partial charge on any atom is 0.180 e. The minimum absolute atomic E-state index is 0.646. The summed E-state index contributed by atoms with van der Waals surface area (Å²) in [6, 6.07) is 49.4. The van der Waals surface area contributed by atoms with Crippen LogP contribution in [0, 0.1) is 0 Å². The molecule has 5 heteroatoms. The molecule has 0 radical (unpaired) electrons. The van der Waals surface area contributed by atoms with Gasteiger partial charge in [-0.05, 0) is 34.7 Å². The topological polar surface area (TPSA) is 38.7 Å². The van der Waals surface area contributed by atoms with Crippen LogP contribution >= 0.6 is 22.7 Å². The fraction of sp³-hybridized carbons (Fsp3) is 0. The number of thiophene rings is 2. The van der Waals surface area contributed by atoms with Crippen LogP contribution in [0.2, 0.25) is 0 Å². The van der Waals surface area contributed by atoms with Crippen molar-refractivity contribution in [2.75, 3.05) is 0 Å². The molecule has 0 N–H and O–H groups in total. The number of hydrogen-bond donors (Lipinski definition) is 0. The van der Waals surface area contributed by atoms with E-state index in [9.17, 15) is 0 Å². The Morgan fingerprint density at radius 3 is 1.78 bits per heavy atom. The zero-order valence-corrected chi connectivity index (χ0v) is 26.1. The highest BCUT2D eigenvalue weighted by Gasteiger charge is 2.21. The van der Waals surface area contributed by atoms with Crippen LogP contribution in [-0.2, 0) is 0 Å². The van der Waals surface area contributed by atoms with Crippen LogP contribution < -0.4 is 0 Å². The molecular weight excluding hydrogens is 599 g/mol. The number of fused-ring (bicyclic) bond motifs is 10. The largest absolute Gasteiger partial charge is 0.244 e. The lowest BCUT2D eigenvalue weighted by molar-refractivity contribution is 1.21. The number of hydrogen-bond acceptors (Lipinski definition) is 5. The molecule has 0 bridgehead atoms. The molecule has 3 nitrogen and oxygen atoms in total. The van der Waals surface area contributed by atoms with Crippen molar-refractivity contribution in [3.63, 3.8) is 0 Å². The van der Waals surface area contributed by atoms with Crippen LogP contribution in [0.4, 0.5) is 0 Å². The van der Waals surface area contributed by atoms with Crippen molar-refractivity contribution in [2.24, 2.45) is 0 Å². The van der Waals surface area contributed by atoms with Gasteiger partial charge in [-0.3, -0.25) is 0 Å². The van der Waals surface area contributed by atoms with Crippen LogP contribution in [0.5, 0.6) is 0 Å². The lowest BCUT2D eigenvalue weighted by Gasteiger charge is -2.12. The monoisotopic (exact) mass is 621 g/mol. The van der Waals surface area contributed by atoms with Crippen LogP contribution in [0.3, 0.4) is 0 Å².